The van der Waals surface area contributed by atoms with E-state index in [-0.39, 0.29) is 17.4 Å². The predicted octanol–water partition coefficient (Wildman–Crippen LogP) is 4.14. The first-order valence-corrected chi connectivity index (χ1v) is 13.3. The minimum Gasteiger partial charge on any atom is -0.464 e. The first-order valence-electron chi connectivity index (χ1n) is 11.8. The molecule has 0 aliphatic carbocycles. The van der Waals surface area contributed by atoms with Gasteiger partial charge in [-0.1, -0.05) is 24.3 Å². The molecule has 0 spiro atoms. The largest absolute Gasteiger partial charge is 0.464 e. The molecule has 0 N–H and O–H groups in total. The molecule has 2 atom stereocenters. The van der Waals surface area contributed by atoms with Crippen LogP contribution in [-0.4, -0.2) is 44.5 Å². The Balaban J connectivity index is 1.44. The molecule has 2 aliphatic heterocycles. The van der Waals surface area contributed by atoms with Crippen molar-refractivity contribution < 1.29 is 12.8 Å². The van der Waals surface area contributed by atoms with Crippen molar-refractivity contribution in [3.8, 4) is 11.3 Å². The number of pyridine rings is 1. The molecule has 2 aromatic heterocycles. The van der Waals surface area contributed by atoms with E-state index in [1.165, 1.54) is 0 Å². The fourth-order valence-corrected chi connectivity index (χ4v) is 7.59. The van der Waals surface area contributed by atoms with E-state index in [9.17, 15) is 13.2 Å². The molecule has 8 heteroatoms. The molecular formula is C27H27N3O4S. The second-order valence-electron chi connectivity index (χ2n) is 9.70. The number of nitrogens with zero attached hydrogens (tertiary/aromatic N) is 3. The summed E-state index contributed by atoms with van der Waals surface area (Å²) < 4.78 is 37.2. The van der Waals surface area contributed by atoms with Gasteiger partial charge in [0, 0.05) is 73.4 Å². The Labute approximate surface area is 204 Å². The van der Waals surface area contributed by atoms with E-state index in [1.807, 2.05) is 66.0 Å². The molecule has 4 aromatic rings. The Morgan fingerprint density at radius 3 is 2.49 bits per heavy atom. The number of anilines is 1. The van der Waals surface area contributed by atoms with Crippen LogP contribution in [0.3, 0.4) is 0 Å². The van der Waals surface area contributed by atoms with Crippen LogP contribution in [-0.2, 0) is 16.6 Å². The van der Waals surface area contributed by atoms with E-state index < -0.39 is 10.0 Å². The highest BCUT2D eigenvalue weighted by Gasteiger charge is 2.41. The van der Waals surface area contributed by atoms with Crippen LogP contribution < -0.4 is 10.5 Å². The molecule has 6 rings (SSSR count). The molecule has 180 valence electrons. The summed E-state index contributed by atoms with van der Waals surface area (Å²) in [5, 5.41) is 1.63. The number of hydrogen-bond donors (Lipinski definition) is 0. The number of aromatic nitrogens is 1. The number of fused-ring (bicyclic) bond motifs is 5. The third kappa shape index (κ3) is 3.51. The van der Waals surface area contributed by atoms with Crippen LogP contribution in [0.5, 0.6) is 0 Å². The van der Waals surface area contributed by atoms with E-state index in [2.05, 4.69) is 0 Å². The third-order valence-electron chi connectivity index (χ3n) is 7.30. The molecule has 0 unspecified atom stereocenters. The van der Waals surface area contributed by atoms with Crippen molar-refractivity contribution in [2.45, 2.75) is 23.8 Å². The molecular weight excluding hydrogens is 462 g/mol. The lowest BCUT2D eigenvalue weighted by Gasteiger charge is -2.42. The summed E-state index contributed by atoms with van der Waals surface area (Å²) in [6.45, 7) is 1.24. The minimum absolute atomic E-state index is 0.0495. The number of benzene rings is 2. The smallest absolute Gasteiger partial charge is 0.250 e. The predicted molar refractivity (Wildman–Crippen MR) is 136 cm³/mol. The SMILES string of the molecule is CN(C)c1cccc2c(S(=O)(=O)N3C[C@@H]4C[C@H](C3)c3c(-c5ccco5)ccc(=O)n3C4)cccc12. The van der Waals surface area contributed by atoms with Crippen LogP contribution in [0.2, 0.25) is 0 Å². The standard InChI is InChI=1S/C27H27N3O4S/c1-28(2)23-8-3-7-21-20(23)6-4-10-25(21)35(32,33)29-15-18-14-19(17-29)27-22(24-9-5-13-34-24)11-12-26(31)30(27)16-18/h3-13,18-19H,14-17H2,1-2H3/t18-,19+/m0/s1. The van der Waals surface area contributed by atoms with Crippen LogP contribution in [0.4, 0.5) is 5.69 Å². The zero-order valence-electron chi connectivity index (χ0n) is 19.7. The molecule has 0 amide bonds. The Bertz CT molecular complexity index is 1590. The molecule has 2 bridgehead atoms. The zero-order chi connectivity index (χ0) is 24.3. The molecule has 2 aromatic carbocycles. The number of sulfonamides is 1. The van der Waals surface area contributed by atoms with Gasteiger partial charge in [-0.2, -0.15) is 4.31 Å². The Morgan fingerprint density at radius 1 is 0.914 bits per heavy atom. The van der Waals surface area contributed by atoms with Crippen molar-refractivity contribution >= 4 is 26.5 Å². The van der Waals surface area contributed by atoms with Gasteiger partial charge < -0.3 is 13.9 Å². The molecule has 1 saturated heterocycles. The maximum Gasteiger partial charge on any atom is 0.250 e. The fourth-order valence-electron chi connectivity index (χ4n) is 5.83. The number of hydrogen-bond acceptors (Lipinski definition) is 5. The summed E-state index contributed by atoms with van der Waals surface area (Å²) in [4.78, 5) is 15.1. The zero-order valence-corrected chi connectivity index (χ0v) is 20.5. The summed E-state index contributed by atoms with van der Waals surface area (Å²) in [5.41, 5.74) is 2.66. The van der Waals surface area contributed by atoms with Gasteiger partial charge >= 0.3 is 0 Å². The van der Waals surface area contributed by atoms with E-state index >= 15 is 0 Å². The first kappa shape index (κ1) is 22.1. The van der Waals surface area contributed by atoms with Gasteiger partial charge in [0.1, 0.15) is 5.76 Å². The average Bonchev–Trinajstić information content (AvgIpc) is 3.38. The molecule has 0 radical (unpaired) electrons. The minimum atomic E-state index is -3.75. The van der Waals surface area contributed by atoms with Crippen LogP contribution >= 0.6 is 0 Å². The molecule has 0 saturated carbocycles. The maximum absolute atomic E-state index is 14.0. The van der Waals surface area contributed by atoms with Gasteiger partial charge in [0.15, 0.2) is 0 Å². The lowest BCUT2D eigenvalue weighted by Crippen LogP contribution is -2.49. The van der Waals surface area contributed by atoms with Crippen LogP contribution in [0.15, 0.2) is 81.0 Å². The van der Waals surface area contributed by atoms with Crippen molar-refractivity contribution in [1.82, 2.24) is 8.87 Å². The van der Waals surface area contributed by atoms with Gasteiger partial charge in [0.05, 0.1) is 11.2 Å². The number of rotatable bonds is 4. The second kappa shape index (κ2) is 8.10. The van der Waals surface area contributed by atoms with Crippen molar-refractivity contribution in [2.75, 3.05) is 32.1 Å². The molecule has 1 fully saturated rings. The molecule has 35 heavy (non-hydrogen) atoms. The van der Waals surface area contributed by atoms with E-state index in [0.29, 0.717) is 30.3 Å². The number of furan rings is 1. The van der Waals surface area contributed by atoms with Gasteiger partial charge in [-0.05, 0) is 42.7 Å². The Kier molecular flexibility index (Phi) is 5.12. The highest BCUT2D eigenvalue weighted by Crippen LogP contribution is 2.42. The Morgan fingerprint density at radius 2 is 1.71 bits per heavy atom. The lowest BCUT2D eigenvalue weighted by atomic mass is 9.82. The van der Waals surface area contributed by atoms with E-state index in [4.69, 9.17) is 4.42 Å². The first-order chi connectivity index (χ1) is 16.8. The van der Waals surface area contributed by atoms with Crippen molar-refractivity contribution in [2.24, 2.45) is 5.92 Å². The van der Waals surface area contributed by atoms with Gasteiger partial charge in [-0.3, -0.25) is 4.79 Å². The second-order valence-corrected chi connectivity index (χ2v) is 11.6. The summed E-state index contributed by atoms with van der Waals surface area (Å²) >= 11 is 0. The van der Waals surface area contributed by atoms with Crippen molar-refractivity contribution in [1.29, 1.82) is 0 Å². The van der Waals surface area contributed by atoms with Crippen molar-refractivity contribution in [3.05, 3.63) is 83.0 Å². The molecule has 7 nitrogen and oxygen atoms in total. The molecule has 4 heterocycles. The van der Waals surface area contributed by atoms with Crippen LogP contribution in [0, 0.1) is 5.92 Å². The summed E-state index contributed by atoms with van der Waals surface area (Å²) in [6.07, 6.45) is 2.47. The van der Waals surface area contributed by atoms with Crippen LogP contribution in [0.1, 0.15) is 18.0 Å². The quantitative estimate of drug-likeness (QED) is 0.431. The van der Waals surface area contributed by atoms with Gasteiger partial charge in [0.25, 0.3) is 5.56 Å². The topological polar surface area (TPSA) is 75.8 Å². The summed E-state index contributed by atoms with van der Waals surface area (Å²) in [6, 6.07) is 18.3. The average molecular weight is 490 g/mol. The van der Waals surface area contributed by atoms with Gasteiger partial charge in [-0.15, -0.1) is 0 Å². The third-order valence-corrected chi connectivity index (χ3v) is 9.19. The van der Waals surface area contributed by atoms with Gasteiger partial charge in [0.2, 0.25) is 10.0 Å². The van der Waals surface area contributed by atoms with Gasteiger partial charge in [-0.25, -0.2) is 8.42 Å². The monoisotopic (exact) mass is 489 g/mol. The maximum atomic E-state index is 14.0. The normalized spacial score (nSPS) is 20.1. The number of piperidine rings is 1. The summed E-state index contributed by atoms with van der Waals surface area (Å²) in [5.74, 6) is 0.684. The fraction of sp³-hybridized carbons (Fsp3) is 0.296. The lowest BCUT2D eigenvalue weighted by molar-refractivity contribution is 0.186. The summed E-state index contributed by atoms with van der Waals surface area (Å²) in [7, 11) is 0.164. The van der Waals surface area contributed by atoms with E-state index in [0.717, 1.165) is 34.1 Å². The van der Waals surface area contributed by atoms with Crippen molar-refractivity contribution in [3.63, 3.8) is 0 Å². The highest BCUT2D eigenvalue weighted by atomic mass is 32.2. The highest BCUT2D eigenvalue weighted by molar-refractivity contribution is 7.89. The van der Waals surface area contributed by atoms with Crippen LogP contribution in [0.25, 0.3) is 22.1 Å². The van der Waals surface area contributed by atoms with E-state index in [1.54, 1.807) is 28.8 Å². The molecule has 2 aliphatic rings. The Hall–Kier alpha value is -3.36.